The molecule has 13 heavy (non-hydrogen) atoms. The fourth-order valence-corrected chi connectivity index (χ4v) is 1.17. The first-order valence-corrected chi connectivity index (χ1v) is 4.73. The van der Waals surface area contributed by atoms with Gasteiger partial charge in [-0.15, -0.1) is 0 Å². The fraction of sp³-hybridized carbons (Fsp3) is 0.889. The average molecular weight is 186 g/mol. The predicted molar refractivity (Wildman–Crippen MR) is 50.5 cm³/mol. The molecule has 4 nitrogen and oxygen atoms in total. The summed E-state index contributed by atoms with van der Waals surface area (Å²) in [5, 5.41) is 6.04. The number of carbonyl (C=O) groups is 1. The molecule has 2 N–H and O–H groups in total. The van der Waals surface area contributed by atoms with Gasteiger partial charge in [-0.1, -0.05) is 0 Å². The second-order valence-corrected chi connectivity index (χ2v) is 3.79. The number of rotatable bonds is 4. The lowest BCUT2D eigenvalue weighted by atomic mass is 10.2. The van der Waals surface area contributed by atoms with Gasteiger partial charge in [-0.2, -0.15) is 0 Å². The van der Waals surface area contributed by atoms with E-state index in [1.54, 1.807) is 0 Å². The van der Waals surface area contributed by atoms with Crippen molar-refractivity contribution in [2.24, 2.45) is 0 Å². The molecule has 0 aliphatic carbocycles. The number of hydrogen-bond acceptors (Lipinski definition) is 3. The summed E-state index contributed by atoms with van der Waals surface area (Å²) in [7, 11) is 0. The number of amides is 1. The van der Waals surface area contributed by atoms with Gasteiger partial charge in [-0.25, -0.2) is 0 Å². The maximum atomic E-state index is 11.4. The maximum Gasteiger partial charge on any atom is 0.237 e. The van der Waals surface area contributed by atoms with Crippen molar-refractivity contribution in [1.82, 2.24) is 10.6 Å². The summed E-state index contributed by atoms with van der Waals surface area (Å²) < 4.78 is 5.00. The largest absolute Gasteiger partial charge is 0.378 e. The molecule has 1 saturated heterocycles. The number of ether oxygens (including phenoxy) is 1. The molecule has 0 bridgehead atoms. The van der Waals surface area contributed by atoms with E-state index in [1.165, 1.54) is 0 Å². The quantitative estimate of drug-likeness (QED) is 0.644. The second kappa shape index (κ2) is 4.58. The molecule has 0 radical (unpaired) electrons. The van der Waals surface area contributed by atoms with Crippen molar-refractivity contribution in [2.45, 2.75) is 38.9 Å². The van der Waals surface area contributed by atoms with Gasteiger partial charge in [0.15, 0.2) is 0 Å². The normalized spacial score (nSPS) is 19.7. The van der Waals surface area contributed by atoms with E-state index < -0.39 is 0 Å². The SMILES string of the molecule is CC(C)NC(=O)C(C)NC1COC1. The third kappa shape index (κ3) is 3.32. The van der Waals surface area contributed by atoms with E-state index in [0.717, 1.165) is 13.2 Å². The van der Waals surface area contributed by atoms with E-state index >= 15 is 0 Å². The standard InChI is InChI=1S/C9H18N2O2/c1-6(2)10-9(12)7(3)11-8-4-13-5-8/h6-8,11H,4-5H2,1-3H3,(H,10,12). The molecule has 1 atom stereocenters. The summed E-state index contributed by atoms with van der Waals surface area (Å²) in [6.07, 6.45) is 0. The van der Waals surface area contributed by atoms with Gasteiger partial charge in [-0.3, -0.25) is 10.1 Å². The summed E-state index contributed by atoms with van der Waals surface area (Å²) in [6.45, 7) is 7.22. The number of hydrogen-bond donors (Lipinski definition) is 2. The van der Waals surface area contributed by atoms with Gasteiger partial charge in [-0.05, 0) is 20.8 Å². The monoisotopic (exact) mass is 186 g/mol. The Morgan fingerprint density at radius 2 is 2.00 bits per heavy atom. The molecule has 1 aliphatic heterocycles. The lowest BCUT2D eigenvalue weighted by molar-refractivity contribution is -0.124. The van der Waals surface area contributed by atoms with Gasteiger partial charge in [0.25, 0.3) is 0 Å². The number of nitrogens with one attached hydrogen (secondary N) is 2. The van der Waals surface area contributed by atoms with E-state index in [-0.39, 0.29) is 18.0 Å². The smallest absolute Gasteiger partial charge is 0.237 e. The van der Waals surface area contributed by atoms with Gasteiger partial charge in [0.1, 0.15) is 0 Å². The van der Waals surface area contributed by atoms with Crippen LogP contribution in [0.2, 0.25) is 0 Å². The van der Waals surface area contributed by atoms with Crippen LogP contribution in [0.4, 0.5) is 0 Å². The van der Waals surface area contributed by atoms with Gasteiger partial charge in [0.05, 0.1) is 25.3 Å². The molecule has 1 aliphatic rings. The molecule has 1 rings (SSSR count). The minimum Gasteiger partial charge on any atom is -0.378 e. The predicted octanol–water partition coefficient (Wildman–Crippen LogP) is -0.112. The molecule has 0 saturated carbocycles. The van der Waals surface area contributed by atoms with Crippen molar-refractivity contribution in [2.75, 3.05) is 13.2 Å². The summed E-state index contributed by atoms with van der Waals surface area (Å²) in [6, 6.07) is 0.429. The first-order valence-electron chi connectivity index (χ1n) is 4.73. The van der Waals surface area contributed by atoms with Crippen LogP contribution in [0.15, 0.2) is 0 Å². The Hall–Kier alpha value is -0.610. The highest BCUT2D eigenvalue weighted by molar-refractivity contribution is 5.81. The lowest BCUT2D eigenvalue weighted by Crippen LogP contribution is -2.54. The average Bonchev–Trinajstić information content (AvgIpc) is 1.94. The first kappa shape index (κ1) is 10.5. The Labute approximate surface area is 79.0 Å². The van der Waals surface area contributed by atoms with Gasteiger partial charge in [0, 0.05) is 6.04 Å². The Morgan fingerprint density at radius 1 is 1.38 bits per heavy atom. The van der Waals surface area contributed by atoms with Crippen molar-refractivity contribution in [1.29, 1.82) is 0 Å². The van der Waals surface area contributed by atoms with Crippen LogP contribution < -0.4 is 10.6 Å². The van der Waals surface area contributed by atoms with Gasteiger partial charge >= 0.3 is 0 Å². The van der Waals surface area contributed by atoms with Crippen molar-refractivity contribution in [3.05, 3.63) is 0 Å². The van der Waals surface area contributed by atoms with Gasteiger partial charge in [0.2, 0.25) is 5.91 Å². The molecule has 0 aromatic heterocycles. The molecular weight excluding hydrogens is 168 g/mol. The molecule has 1 heterocycles. The lowest BCUT2D eigenvalue weighted by Gasteiger charge is -2.29. The molecule has 0 spiro atoms. The fourth-order valence-electron chi connectivity index (χ4n) is 1.17. The summed E-state index contributed by atoms with van der Waals surface area (Å²) in [5.74, 6) is 0.0573. The Bertz CT molecular complexity index is 178. The van der Waals surface area contributed by atoms with Crippen LogP contribution >= 0.6 is 0 Å². The van der Waals surface area contributed by atoms with Crippen LogP contribution in [0.3, 0.4) is 0 Å². The van der Waals surface area contributed by atoms with Crippen molar-refractivity contribution in [3.8, 4) is 0 Å². The molecule has 4 heteroatoms. The first-order chi connectivity index (χ1) is 6.09. The Balaban J connectivity index is 2.20. The van der Waals surface area contributed by atoms with Crippen LogP contribution in [0, 0.1) is 0 Å². The van der Waals surface area contributed by atoms with Crippen molar-refractivity contribution in [3.63, 3.8) is 0 Å². The summed E-state index contributed by atoms with van der Waals surface area (Å²) in [4.78, 5) is 11.4. The third-order valence-corrected chi connectivity index (χ3v) is 1.95. The van der Waals surface area contributed by atoms with Crippen LogP contribution in [0.25, 0.3) is 0 Å². The van der Waals surface area contributed by atoms with E-state index in [2.05, 4.69) is 10.6 Å². The molecule has 0 aromatic rings. The highest BCUT2D eigenvalue weighted by Gasteiger charge is 2.23. The molecule has 76 valence electrons. The van der Waals surface area contributed by atoms with Crippen LogP contribution in [-0.4, -0.2) is 37.2 Å². The van der Waals surface area contributed by atoms with Crippen LogP contribution in [-0.2, 0) is 9.53 Å². The van der Waals surface area contributed by atoms with Gasteiger partial charge < -0.3 is 10.1 Å². The summed E-state index contributed by atoms with van der Waals surface area (Å²) >= 11 is 0. The second-order valence-electron chi connectivity index (χ2n) is 3.79. The zero-order chi connectivity index (χ0) is 9.84. The van der Waals surface area contributed by atoms with Crippen LogP contribution in [0.5, 0.6) is 0 Å². The molecule has 1 unspecified atom stereocenters. The van der Waals surface area contributed by atoms with E-state index in [1.807, 2.05) is 20.8 Å². The Morgan fingerprint density at radius 3 is 2.38 bits per heavy atom. The third-order valence-electron chi connectivity index (χ3n) is 1.95. The topological polar surface area (TPSA) is 50.4 Å². The minimum absolute atomic E-state index is 0.0573. The number of carbonyl (C=O) groups excluding carboxylic acids is 1. The Kier molecular flexibility index (Phi) is 3.69. The van der Waals surface area contributed by atoms with Crippen molar-refractivity contribution < 1.29 is 9.53 Å². The maximum absolute atomic E-state index is 11.4. The van der Waals surface area contributed by atoms with E-state index in [0.29, 0.717) is 6.04 Å². The van der Waals surface area contributed by atoms with Crippen molar-refractivity contribution >= 4 is 5.91 Å². The highest BCUT2D eigenvalue weighted by atomic mass is 16.5. The minimum atomic E-state index is -0.128. The molecular formula is C9H18N2O2. The van der Waals surface area contributed by atoms with E-state index in [4.69, 9.17) is 4.74 Å². The summed E-state index contributed by atoms with van der Waals surface area (Å²) in [5.41, 5.74) is 0. The van der Waals surface area contributed by atoms with E-state index in [9.17, 15) is 4.79 Å². The zero-order valence-electron chi connectivity index (χ0n) is 8.46. The van der Waals surface area contributed by atoms with Crippen LogP contribution in [0.1, 0.15) is 20.8 Å². The molecule has 0 aromatic carbocycles. The molecule has 1 amide bonds. The zero-order valence-corrected chi connectivity index (χ0v) is 8.46. The highest BCUT2D eigenvalue weighted by Crippen LogP contribution is 2.01. The molecule has 1 fully saturated rings.